The smallest absolute Gasteiger partial charge is 0.323 e. The van der Waals surface area contributed by atoms with Crippen LogP contribution in [0.2, 0.25) is 5.02 Å². The maximum Gasteiger partial charge on any atom is 0.323 e. The Labute approximate surface area is 127 Å². The summed E-state index contributed by atoms with van der Waals surface area (Å²) in [7, 11) is -3.59. The van der Waals surface area contributed by atoms with E-state index < -0.39 is 28.3 Å². The second kappa shape index (κ2) is 6.73. The van der Waals surface area contributed by atoms with Crippen molar-refractivity contribution in [1.29, 1.82) is 0 Å². The number of amides is 1. The highest BCUT2D eigenvalue weighted by atomic mass is 35.5. The predicted molar refractivity (Wildman–Crippen MR) is 78.3 cm³/mol. The minimum atomic E-state index is -3.59. The van der Waals surface area contributed by atoms with Gasteiger partial charge in [0.25, 0.3) is 5.91 Å². The number of hydrogen-bond acceptors (Lipinski definition) is 4. The molecule has 0 heterocycles. The van der Waals surface area contributed by atoms with Crippen molar-refractivity contribution in [3.8, 4) is 0 Å². The van der Waals surface area contributed by atoms with E-state index in [9.17, 15) is 18.0 Å². The predicted octanol–water partition coefficient (Wildman–Crippen LogP) is 1.46. The van der Waals surface area contributed by atoms with Crippen LogP contribution >= 0.6 is 11.6 Å². The van der Waals surface area contributed by atoms with Gasteiger partial charge >= 0.3 is 5.97 Å². The van der Waals surface area contributed by atoms with Gasteiger partial charge in [-0.1, -0.05) is 17.7 Å². The second-order valence-corrected chi connectivity index (χ2v) is 6.68. The first-order valence-electron chi connectivity index (χ1n) is 5.78. The molecule has 0 saturated carbocycles. The van der Waals surface area contributed by atoms with Crippen molar-refractivity contribution in [2.24, 2.45) is 0 Å². The Morgan fingerprint density at radius 1 is 1.43 bits per heavy atom. The topological polar surface area (TPSA) is 91.8 Å². The summed E-state index contributed by atoms with van der Waals surface area (Å²) in [6.45, 7) is 2.97. The monoisotopic (exact) mass is 331 g/mol. The van der Waals surface area contributed by atoms with Crippen LogP contribution in [-0.4, -0.2) is 49.6 Å². The first kappa shape index (κ1) is 17.2. The standard InChI is InChI=1S/C13H14ClNO5S/c1-3-6-15(8-12(16)17)13(18)9-4-5-10(14)11(7-9)21(2,19)20/h3-5,7H,1,6,8H2,2H3,(H,16,17). The summed E-state index contributed by atoms with van der Waals surface area (Å²) >= 11 is 5.80. The lowest BCUT2D eigenvalue weighted by Gasteiger charge is -2.19. The summed E-state index contributed by atoms with van der Waals surface area (Å²) in [5.74, 6) is -1.79. The molecule has 1 aromatic carbocycles. The first-order chi connectivity index (χ1) is 9.66. The van der Waals surface area contributed by atoms with Gasteiger partial charge in [-0.15, -0.1) is 6.58 Å². The molecule has 8 heteroatoms. The molecule has 6 nitrogen and oxygen atoms in total. The number of rotatable bonds is 6. The van der Waals surface area contributed by atoms with E-state index in [1.54, 1.807) is 0 Å². The van der Waals surface area contributed by atoms with Crippen molar-refractivity contribution in [2.45, 2.75) is 4.90 Å². The molecular formula is C13H14ClNO5S. The van der Waals surface area contributed by atoms with Gasteiger partial charge < -0.3 is 10.0 Å². The number of benzene rings is 1. The van der Waals surface area contributed by atoms with Crippen LogP contribution < -0.4 is 0 Å². The van der Waals surface area contributed by atoms with Gasteiger partial charge in [-0.2, -0.15) is 0 Å². The van der Waals surface area contributed by atoms with E-state index in [1.807, 2.05) is 0 Å². The molecule has 1 rings (SSSR count). The number of carbonyl (C=O) groups is 2. The highest BCUT2D eigenvalue weighted by Crippen LogP contribution is 2.23. The average Bonchev–Trinajstić information content (AvgIpc) is 2.36. The zero-order valence-electron chi connectivity index (χ0n) is 11.2. The van der Waals surface area contributed by atoms with Crippen LogP contribution in [0.1, 0.15) is 10.4 Å². The Kier molecular flexibility index (Phi) is 5.51. The molecule has 0 spiro atoms. The zero-order valence-corrected chi connectivity index (χ0v) is 12.8. The van der Waals surface area contributed by atoms with Crippen LogP contribution in [0.25, 0.3) is 0 Å². The van der Waals surface area contributed by atoms with Gasteiger partial charge in [0, 0.05) is 18.4 Å². The van der Waals surface area contributed by atoms with Crippen LogP contribution in [0.3, 0.4) is 0 Å². The summed E-state index contributed by atoms with van der Waals surface area (Å²) < 4.78 is 23.2. The van der Waals surface area contributed by atoms with E-state index >= 15 is 0 Å². The van der Waals surface area contributed by atoms with E-state index in [0.717, 1.165) is 17.2 Å². The fraction of sp³-hybridized carbons (Fsp3) is 0.231. The fourth-order valence-electron chi connectivity index (χ4n) is 1.64. The SMILES string of the molecule is C=CCN(CC(=O)O)C(=O)c1ccc(Cl)c(S(C)(=O)=O)c1. The zero-order chi connectivity index (χ0) is 16.2. The molecule has 1 aromatic rings. The van der Waals surface area contributed by atoms with Crippen molar-refractivity contribution < 1.29 is 23.1 Å². The summed E-state index contributed by atoms with van der Waals surface area (Å²) in [4.78, 5) is 23.8. The van der Waals surface area contributed by atoms with Crippen molar-refractivity contribution >= 4 is 33.3 Å². The molecule has 1 amide bonds. The van der Waals surface area contributed by atoms with Crippen LogP contribution in [0.15, 0.2) is 35.7 Å². The third kappa shape index (κ3) is 4.57. The maximum atomic E-state index is 12.2. The second-order valence-electron chi connectivity index (χ2n) is 4.29. The first-order valence-corrected chi connectivity index (χ1v) is 8.05. The molecule has 1 N–H and O–H groups in total. The summed E-state index contributed by atoms with van der Waals surface area (Å²) in [5.41, 5.74) is 0.0444. The maximum absolute atomic E-state index is 12.2. The highest BCUT2D eigenvalue weighted by Gasteiger charge is 2.20. The summed E-state index contributed by atoms with van der Waals surface area (Å²) in [5, 5.41) is 8.79. The Bertz CT molecular complexity index is 684. The molecule has 0 unspecified atom stereocenters. The number of carboxylic acids is 1. The Morgan fingerprint density at radius 3 is 2.52 bits per heavy atom. The molecule has 114 valence electrons. The molecule has 0 radical (unpaired) electrons. The molecule has 0 aliphatic carbocycles. The quantitative estimate of drug-likeness (QED) is 0.797. The number of nitrogens with zero attached hydrogens (tertiary/aromatic N) is 1. The lowest BCUT2D eigenvalue weighted by atomic mass is 10.2. The van der Waals surface area contributed by atoms with Crippen molar-refractivity contribution in [3.05, 3.63) is 41.4 Å². The Balaban J connectivity index is 3.22. The molecule has 0 bridgehead atoms. The van der Waals surface area contributed by atoms with E-state index in [2.05, 4.69) is 6.58 Å². The van der Waals surface area contributed by atoms with Crippen LogP contribution in [0, 0.1) is 0 Å². The van der Waals surface area contributed by atoms with Crippen molar-refractivity contribution in [1.82, 2.24) is 4.90 Å². The average molecular weight is 332 g/mol. The van der Waals surface area contributed by atoms with Gasteiger partial charge in [0.15, 0.2) is 9.84 Å². The number of aliphatic carboxylic acids is 1. The van der Waals surface area contributed by atoms with Crippen LogP contribution in [0.5, 0.6) is 0 Å². The number of sulfone groups is 1. The van der Waals surface area contributed by atoms with Gasteiger partial charge in [-0.05, 0) is 18.2 Å². The summed E-state index contributed by atoms with van der Waals surface area (Å²) in [6.07, 6.45) is 2.36. The number of carboxylic acid groups (broad SMARTS) is 1. The van der Waals surface area contributed by atoms with Gasteiger partial charge in [0.1, 0.15) is 6.54 Å². The van der Waals surface area contributed by atoms with Crippen molar-refractivity contribution in [3.63, 3.8) is 0 Å². The third-order valence-electron chi connectivity index (χ3n) is 2.54. The molecule has 0 fully saturated rings. The lowest BCUT2D eigenvalue weighted by Crippen LogP contribution is -2.35. The normalized spacial score (nSPS) is 11.0. The van der Waals surface area contributed by atoms with E-state index in [-0.39, 0.29) is 22.0 Å². The fourth-order valence-corrected chi connectivity index (χ4v) is 2.94. The van der Waals surface area contributed by atoms with E-state index in [4.69, 9.17) is 16.7 Å². The van der Waals surface area contributed by atoms with Crippen LogP contribution in [0.4, 0.5) is 0 Å². The Hall–Kier alpha value is -1.86. The Morgan fingerprint density at radius 2 is 2.05 bits per heavy atom. The number of halogens is 1. The largest absolute Gasteiger partial charge is 0.480 e. The molecule has 21 heavy (non-hydrogen) atoms. The van der Waals surface area contributed by atoms with Gasteiger partial charge in [-0.25, -0.2) is 8.42 Å². The number of carbonyl (C=O) groups excluding carboxylic acids is 1. The van der Waals surface area contributed by atoms with Gasteiger partial charge in [-0.3, -0.25) is 9.59 Å². The molecule has 0 saturated heterocycles. The molecule has 0 aliphatic rings. The van der Waals surface area contributed by atoms with E-state index in [0.29, 0.717) is 0 Å². The molecule has 0 aliphatic heterocycles. The van der Waals surface area contributed by atoms with Crippen molar-refractivity contribution in [2.75, 3.05) is 19.3 Å². The highest BCUT2D eigenvalue weighted by molar-refractivity contribution is 7.90. The van der Waals surface area contributed by atoms with Crippen LogP contribution in [-0.2, 0) is 14.6 Å². The van der Waals surface area contributed by atoms with Gasteiger partial charge in [0.2, 0.25) is 0 Å². The molecule has 0 atom stereocenters. The third-order valence-corrected chi connectivity index (χ3v) is 4.12. The number of hydrogen-bond donors (Lipinski definition) is 1. The minimum absolute atomic E-state index is 0.00237. The minimum Gasteiger partial charge on any atom is -0.480 e. The van der Waals surface area contributed by atoms with E-state index in [1.165, 1.54) is 18.2 Å². The molecule has 0 aromatic heterocycles. The van der Waals surface area contributed by atoms with Gasteiger partial charge in [0.05, 0.1) is 9.92 Å². The summed E-state index contributed by atoms with van der Waals surface area (Å²) in [6, 6.07) is 3.77. The lowest BCUT2D eigenvalue weighted by molar-refractivity contribution is -0.137. The molecular weight excluding hydrogens is 318 g/mol.